The summed E-state index contributed by atoms with van der Waals surface area (Å²) in [5, 5.41) is 8.03. The number of hydrogen-bond donors (Lipinski definition) is 1. The van der Waals surface area contributed by atoms with Crippen molar-refractivity contribution in [2.75, 3.05) is 0 Å². The van der Waals surface area contributed by atoms with E-state index in [9.17, 15) is 9.59 Å². The van der Waals surface area contributed by atoms with Crippen LogP contribution in [0.1, 0.15) is 65.3 Å². The standard InChI is InChI=1S/C35H34N6O4/c1-4-5-14-31-36-23(3)29(20-32-37-30(39-44-32)19-26-11-7-6-10-22(26)2)34(42)41(31)21-24-15-17-25(18-16-24)27-12-8-9-13-28(27)33-38-35(43)45-40-33/h6-13,15-18H,4-5,14,19-21H2,1-3H3,(H,38,40,43). The van der Waals surface area contributed by atoms with E-state index in [0.717, 1.165) is 52.0 Å². The van der Waals surface area contributed by atoms with Crippen molar-refractivity contribution >= 4 is 0 Å². The average Bonchev–Trinajstić information content (AvgIpc) is 3.69. The SMILES string of the molecule is CCCCc1nc(C)c(Cc2nc(Cc3ccccc3C)no2)c(=O)n1Cc1ccc(-c2ccccc2-c2noc(=O)[nH]2)cc1. The molecule has 45 heavy (non-hydrogen) atoms. The molecular formula is C35H34N6O4. The molecule has 0 aliphatic carbocycles. The van der Waals surface area contributed by atoms with Crippen molar-refractivity contribution in [1.82, 2.24) is 29.8 Å². The van der Waals surface area contributed by atoms with Gasteiger partial charge in [-0.2, -0.15) is 4.98 Å². The van der Waals surface area contributed by atoms with Crippen LogP contribution >= 0.6 is 0 Å². The number of unbranched alkanes of at least 4 members (excludes halogenated alkanes) is 1. The van der Waals surface area contributed by atoms with Gasteiger partial charge in [0.15, 0.2) is 11.6 Å². The summed E-state index contributed by atoms with van der Waals surface area (Å²) in [6.45, 7) is 6.43. The first-order valence-electron chi connectivity index (χ1n) is 15.1. The Bertz CT molecular complexity index is 2050. The number of H-pyrrole nitrogens is 1. The molecule has 0 amide bonds. The maximum atomic E-state index is 14.0. The van der Waals surface area contributed by atoms with Gasteiger partial charge in [0.05, 0.1) is 13.0 Å². The summed E-state index contributed by atoms with van der Waals surface area (Å²) < 4.78 is 12.1. The molecule has 1 N–H and O–H groups in total. The van der Waals surface area contributed by atoms with E-state index < -0.39 is 5.76 Å². The van der Waals surface area contributed by atoms with Crippen molar-refractivity contribution < 1.29 is 9.05 Å². The minimum absolute atomic E-state index is 0.100. The summed E-state index contributed by atoms with van der Waals surface area (Å²) in [6.07, 6.45) is 3.40. The number of benzene rings is 3. The Kier molecular flexibility index (Phi) is 8.63. The average molecular weight is 603 g/mol. The topological polar surface area (TPSA) is 133 Å². The monoisotopic (exact) mass is 602 g/mol. The molecule has 0 aliphatic heterocycles. The van der Waals surface area contributed by atoms with Gasteiger partial charge in [0.2, 0.25) is 5.89 Å². The largest absolute Gasteiger partial charge is 0.439 e. The second-order valence-electron chi connectivity index (χ2n) is 11.2. The number of rotatable bonds is 11. The third kappa shape index (κ3) is 6.59. The van der Waals surface area contributed by atoms with E-state index in [-0.39, 0.29) is 12.0 Å². The number of nitrogens with one attached hydrogen (secondary N) is 1. The second-order valence-corrected chi connectivity index (χ2v) is 11.2. The molecule has 6 rings (SSSR count). The molecule has 3 aromatic heterocycles. The molecule has 0 fully saturated rings. The molecule has 0 bridgehead atoms. The number of hydrogen-bond acceptors (Lipinski definition) is 8. The van der Waals surface area contributed by atoms with Crippen molar-refractivity contribution in [1.29, 1.82) is 0 Å². The third-order valence-electron chi connectivity index (χ3n) is 7.98. The van der Waals surface area contributed by atoms with E-state index in [1.165, 1.54) is 0 Å². The van der Waals surface area contributed by atoms with Gasteiger partial charge in [-0.25, -0.2) is 9.78 Å². The highest BCUT2D eigenvalue weighted by Gasteiger charge is 2.19. The van der Waals surface area contributed by atoms with Gasteiger partial charge in [0.1, 0.15) is 5.82 Å². The van der Waals surface area contributed by atoms with Crippen molar-refractivity contribution in [2.45, 2.75) is 59.4 Å². The van der Waals surface area contributed by atoms with Gasteiger partial charge in [-0.05, 0) is 48.1 Å². The van der Waals surface area contributed by atoms with Crippen molar-refractivity contribution in [2.24, 2.45) is 0 Å². The molecule has 10 heteroatoms. The number of aromatic nitrogens is 6. The molecule has 0 saturated heterocycles. The molecule has 6 aromatic rings. The van der Waals surface area contributed by atoms with Crippen molar-refractivity contribution in [3.63, 3.8) is 0 Å². The van der Waals surface area contributed by atoms with Gasteiger partial charge in [0, 0.05) is 29.7 Å². The van der Waals surface area contributed by atoms with Crippen LogP contribution < -0.4 is 11.3 Å². The van der Waals surface area contributed by atoms with Gasteiger partial charge in [-0.15, -0.1) is 0 Å². The molecule has 0 radical (unpaired) electrons. The van der Waals surface area contributed by atoms with Gasteiger partial charge in [-0.3, -0.25) is 18.9 Å². The maximum Gasteiger partial charge on any atom is 0.439 e. The first-order chi connectivity index (χ1) is 21.9. The number of aromatic amines is 1. The highest BCUT2D eigenvalue weighted by Crippen LogP contribution is 2.30. The van der Waals surface area contributed by atoms with Crippen LogP contribution in [0.25, 0.3) is 22.5 Å². The van der Waals surface area contributed by atoms with Crippen LogP contribution in [0.2, 0.25) is 0 Å². The van der Waals surface area contributed by atoms with E-state index in [0.29, 0.717) is 48.2 Å². The fourth-order valence-corrected chi connectivity index (χ4v) is 5.47. The fraction of sp³-hybridized carbons (Fsp3) is 0.257. The predicted octanol–water partition coefficient (Wildman–Crippen LogP) is 5.83. The molecule has 0 spiro atoms. The molecule has 0 atom stereocenters. The van der Waals surface area contributed by atoms with Crippen LogP contribution in [-0.2, 0) is 25.8 Å². The molecule has 10 nitrogen and oxygen atoms in total. The lowest BCUT2D eigenvalue weighted by Gasteiger charge is -2.16. The Morgan fingerprint density at radius 2 is 1.58 bits per heavy atom. The molecule has 3 heterocycles. The van der Waals surface area contributed by atoms with Crippen LogP contribution in [0.3, 0.4) is 0 Å². The second kappa shape index (κ2) is 13.1. The van der Waals surface area contributed by atoms with Crippen molar-refractivity contribution in [3.8, 4) is 22.5 Å². The first-order valence-corrected chi connectivity index (χ1v) is 15.1. The Morgan fingerprint density at radius 3 is 2.31 bits per heavy atom. The van der Waals surface area contributed by atoms with E-state index in [4.69, 9.17) is 14.0 Å². The van der Waals surface area contributed by atoms with Crippen LogP contribution in [0.4, 0.5) is 0 Å². The Labute approximate surface area is 259 Å². The van der Waals surface area contributed by atoms with Gasteiger partial charge >= 0.3 is 5.76 Å². The molecular weight excluding hydrogens is 568 g/mol. The van der Waals surface area contributed by atoms with E-state index in [1.807, 2.05) is 67.6 Å². The molecule has 3 aromatic carbocycles. The zero-order valence-electron chi connectivity index (χ0n) is 25.5. The first kappa shape index (κ1) is 29.7. The Balaban J connectivity index is 1.27. The molecule has 228 valence electrons. The van der Waals surface area contributed by atoms with E-state index in [2.05, 4.69) is 46.3 Å². The van der Waals surface area contributed by atoms with Crippen LogP contribution in [0.15, 0.2) is 91.4 Å². The zero-order valence-corrected chi connectivity index (χ0v) is 25.5. The zero-order chi connectivity index (χ0) is 31.3. The van der Waals surface area contributed by atoms with E-state index in [1.54, 1.807) is 4.57 Å². The van der Waals surface area contributed by atoms with Crippen molar-refractivity contribution in [3.05, 3.63) is 139 Å². The summed E-state index contributed by atoms with van der Waals surface area (Å²) in [5.41, 5.74) is 6.98. The van der Waals surface area contributed by atoms with Gasteiger partial charge in [0.25, 0.3) is 5.56 Å². The highest BCUT2D eigenvalue weighted by molar-refractivity contribution is 5.80. The van der Waals surface area contributed by atoms with Gasteiger partial charge < -0.3 is 4.52 Å². The van der Waals surface area contributed by atoms with Crippen LogP contribution in [-0.4, -0.2) is 29.8 Å². The third-order valence-corrected chi connectivity index (χ3v) is 7.98. The normalized spacial score (nSPS) is 11.3. The number of aryl methyl sites for hydroxylation is 3. The Hall–Kier alpha value is -5.38. The van der Waals surface area contributed by atoms with Gasteiger partial charge in [-0.1, -0.05) is 96.5 Å². The lowest BCUT2D eigenvalue weighted by molar-refractivity contribution is 0.379. The minimum Gasteiger partial charge on any atom is -0.339 e. The maximum absolute atomic E-state index is 14.0. The van der Waals surface area contributed by atoms with Crippen LogP contribution in [0.5, 0.6) is 0 Å². The summed E-state index contributed by atoms with van der Waals surface area (Å²) >= 11 is 0. The molecule has 0 aliphatic rings. The predicted molar refractivity (Wildman–Crippen MR) is 170 cm³/mol. The fourth-order valence-electron chi connectivity index (χ4n) is 5.47. The summed E-state index contributed by atoms with van der Waals surface area (Å²) in [6, 6.07) is 23.8. The van der Waals surface area contributed by atoms with E-state index >= 15 is 0 Å². The summed E-state index contributed by atoms with van der Waals surface area (Å²) in [4.78, 5) is 37.7. The Morgan fingerprint density at radius 1 is 0.822 bits per heavy atom. The lowest BCUT2D eigenvalue weighted by atomic mass is 9.98. The number of nitrogens with zero attached hydrogens (tertiary/aromatic N) is 5. The minimum atomic E-state index is -0.604. The molecule has 0 saturated carbocycles. The quantitative estimate of drug-likeness (QED) is 0.196. The lowest BCUT2D eigenvalue weighted by Crippen LogP contribution is -2.30. The summed E-state index contributed by atoms with van der Waals surface area (Å²) in [7, 11) is 0. The highest BCUT2D eigenvalue weighted by atomic mass is 16.5. The van der Waals surface area contributed by atoms with Crippen LogP contribution in [0, 0.1) is 13.8 Å². The smallest absolute Gasteiger partial charge is 0.339 e. The molecule has 0 unspecified atom stereocenters. The summed E-state index contributed by atoms with van der Waals surface area (Å²) in [5.74, 6) is 1.51.